The standard InChI is InChI=1S/C22H22N2O4S2/c1-3-27-21(25)12-28-19-6-4-5-17(11-19)24-22(26)16-7-9-20(10-8-16)30-14-18-13-29-15(2)23-18/h4-11,13H,3,12,14H2,1-2H3,(H,24,26). The normalized spacial score (nSPS) is 10.5. The fraction of sp³-hybridized carbons (Fsp3) is 0.227. The second kappa shape index (κ2) is 10.8. The monoisotopic (exact) mass is 442 g/mol. The molecule has 0 aliphatic heterocycles. The Morgan fingerprint density at radius 2 is 1.97 bits per heavy atom. The van der Waals surface area contributed by atoms with Gasteiger partial charge in [0.1, 0.15) is 5.75 Å². The third-order valence-electron chi connectivity index (χ3n) is 3.92. The Bertz CT molecular complexity index is 1000. The molecular weight excluding hydrogens is 420 g/mol. The van der Waals surface area contributed by atoms with E-state index in [0.717, 1.165) is 21.3 Å². The van der Waals surface area contributed by atoms with Gasteiger partial charge in [0.2, 0.25) is 0 Å². The molecule has 0 bridgehead atoms. The van der Waals surface area contributed by atoms with Gasteiger partial charge in [-0.2, -0.15) is 0 Å². The van der Waals surface area contributed by atoms with Crippen LogP contribution >= 0.6 is 23.1 Å². The van der Waals surface area contributed by atoms with E-state index in [1.807, 2.05) is 19.1 Å². The van der Waals surface area contributed by atoms with E-state index in [0.29, 0.717) is 23.6 Å². The van der Waals surface area contributed by atoms with Crippen LogP contribution in [0, 0.1) is 6.92 Å². The van der Waals surface area contributed by atoms with Gasteiger partial charge >= 0.3 is 5.97 Å². The number of carbonyl (C=O) groups is 2. The Labute approximate surface area is 183 Å². The predicted octanol–water partition coefficient (Wildman–Crippen LogP) is 4.94. The predicted molar refractivity (Wildman–Crippen MR) is 119 cm³/mol. The molecule has 0 saturated heterocycles. The number of ether oxygens (including phenoxy) is 2. The third kappa shape index (κ3) is 6.60. The van der Waals surface area contributed by atoms with Gasteiger partial charge in [-0.3, -0.25) is 4.79 Å². The van der Waals surface area contributed by atoms with E-state index in [2.05, 4.69) is 15.7 Å². The number of aryl methyl sites for hydroxylation is 1. The van der Waals surface area contributed by atoms with E-state index in [-0.39, 0.29) is 12.5 Å². The number of nitrogens with zero attached hydrogens (tertiary/aromatic N) is 1. The maximum Gasteiger partial charge on any atom is 0.344 e. The van der Waals surface area contributed by atoms with Gasteiger partial charge in [0.15, 0.2) is 6.61 Å². The summed E-state index contributed by atoms with van der Waals surface area (Å²) in [6.45, 7) is 3.86. The Morgan fingerprint density at radius 3 is 2.67 bits per heavy atom. The Kier molecular flexibility index (Phi) is 7.87. The molecule has 0 radical (unpaired) electrons. The lowest BCUT2D eigenvalue weighted by atomic mass is 10.2. The first kappa shape index (κ1) is 21.9. The molecule has 156 valence electrons. The number of esters is 1. The summed E-state index contributed by atoms with van der Waals surface area (Å²) in [6, 6.07) is 14.3. The van der Waals surface area contributed by atoms with E-state index in [4.69, 9.17) is 9.47 Å². The minimum Gasteiger partial charge on any atom is -0.482 e. The van der Waals surface area contributed by atoms with Gasteiger partial charge in [-0.15, -0.1) is 23.1 Å². The van der Waals surface area contributed by atoms with Crippen LogP contribution in [0.4, 0.5) is 5.69 Å². The zero-order valence-electron chi connectivity index (χ0n) is 16.7. The number of hydrogen-bond donors (Lipinski definition) is 1. The van der Waals surface area contributed by atoms with Gasteiger partial charge in [-0.1, -0.05) is 6.07 Å². The third-order valence-corrected chi connectivity index (χ3v) is 5.79. The molecule has 0 saturated carbocycles. The van der Waals surface area contributed by atoms with Crippen molar-refractivity contribution >= 4 is 40.7 Å². The van der Waals surface area contributed by atoms with Gasteiger partial charge < -0.3 is 14.8 Å². The number of hydrogen-bond acceptors (Lipinski definition) is 7. The molecule has 2 aromatic carbocycles. The molecule has 8 heteroatoms. The number of thioether (sulfide) groups is 1. The van der Waals surface area contributed by atoms with Crippen LogP contribution in [0.15, 0.2) is 58.8 Å². The van der Waals surface area contributed by atoms with Crippen LogP contribution < -0.4 is 10.1 Å². The maximum absolute atomic E-state index is 12.5. The largest absolute Gasteiger partial charge is 0.482 e. The second-order valence-electron chi connectivity index (χ2n) is 6.25. The van der Waals surface area contributed by atoms with Crippen LogP contribution in [0.25, 0.3) is 0 Å². The molecule has 1 heterocycles. The highest BCUT2D eigenvalue weighted by atomic mass is 32.2. The van der Waals surface area contributed by atoms with E-state index in [1.165, 1.54) is 0 Å². The van der Waals surface area contributed by atoms with E-state index in [1.54, 1.807) is 66.4 Å². The first-order chi connectivity index (χ1) is 14.5. The zero-order chi connectivity index (χ0) is 21.3. The van der Waals surface area contributed by atoms with Crippen molar-refractivity contribution in [2.24, 2.45) is 0 Å². The van der Waals surface area contributed by atoms with Crippen LogP contribution in [0.2, 0.25) is 0 Å². The van der Waals surface area contributed by atoms with Crippen molar-refractivity contribution in [2.75, 3.05) is 18.5 Å². The highest BCUT2D eigenvalue weighted by molar-refractivity contribution is 7.98. The van der Waals surface area contributed by atoms with Gasteiger partial charge in [-0.25, -0.2) is 9.78 Å². The van der Waals surface area contributed by atoms with E-state index in [9.17, 15) is 9.59 Å². The van der Waals surface area contributed by atoms with E-state index < -0.39 is 5.97 Å². The Balaban J connectivity index is 1.54. The Hall–Kier alpha value is -2.84. The molecule has 0 atom stereocenters. The maximum atomic E-state index is 12.5. The average Bonchev–Trinajstić information content (AvgIpc) is 3.17. The molecule has 0 fully saturated rings. The second-order valence-corrected chi connectivity index (χ2v) is 8.36. The number of benzene rings is 2. The zero-order valence-corrected chi connectivity index (χ0v) is 18.3. The molecule has 1 aromatic heterocycles. The molecule has 1 N–H and O–H groups in total. The Morgan fingerprint density at radius 1 is 1.17 bits per heavy atom. The van der Waals surface area contributed by atoms with Crippen molar-refractivity contribution in [1.29, 1.82) is 0 Å². The fourth-order valence-corrected chi connectivity index (χ4v) is 4.06. The molecule has 6 nitrogen and oxygen atoms in total. The molecule has 1 amide bonds. The summed E-state index contributed by atoms with van der Waals surface area (Å²) in [4.78, 5) is 29.5. The molecule has 0 unspecified atom stereocenters. The molecule has 3 rings (SSSR count). The van der Waals surface area contributed by atoms with E-state index >= 15 is 0 Å². The van der Waals surface area contributed by atoms with Gasteiger partial charge in [0.05, 0.1) is 17.3 Å². The van der Waals surface area contributed by atoms with Gasteiger partial charge in [-0.05, 0) is 50.2 Å². The SMILES string of the molecule is CCOC(=O)COc1cccc(NC(=O)c2ccc(SCc3csc(C)n3)cc2)c1. The van der Waals surface area contributed by atoms with Crippen LogP contribution in [0.1, 0.15) is 28.0 Å². The van der Waals surface area contributed by atoms with Crippen molar-refractivity contribution in [1.82, 2.24) is 4.98 Å². The van der Waals surface area contributed by atoms with Crippen molar-refractivity contribution in [3.05, 3.63) is 70.2 Å². The van der Waals surface area contributed by atoms with Crippen LogP contribution in [0.5, 0.6) is 5.75 Å². The number of amides is 1. The average molecular weight is 443 g/mol. The highest BCUT2D eigenvalue weighted by Gasteiger charge is 2.09. The fourth-order valence-electron chi connectivity index (χ4n) is 2.55. The van der Waals surface area contributed by atoms with Crippen molar-refractivity contribution in [3.63, 3.8) is 0 Å². The van der Waals surface area contributed by atoms with Crippen molar-refractivity contribution < 1.29 is 19.1 Å². The van der Waals surface area contributed by atoms with Crippen LogP contribution in [0.3, 0.4) is 0 Å². The van der Waals surface area contributed by atoms with Crippen molar-refractivity contribution in [2.45, 2.75) is 24.5 Å². The van der Waals surface area contributed by atoms with Crippen LogP contribution in [-0.4, -0.2) is 30.1 Å². The molecule has 0 aliphatic carbocycles. The number of carbonyl (C=O) groups excluding carboxylic acids is 2. The quantitative estimate of drug-likeness (QED) is 0.374. The molecule has 3 aromatic rings. The summed E-state index contributed by atoms with van der Waals surface area (Å²) in [7, 11) is 0. The van der Waals surface area contributed by atoms with Gasteiger partial charge in [0, 0.05) is 33.3 Å². The van der Waals surface area contributed by atoms with Crippen molar-refractivity contribution in [3.8, 4) is 5.75 Å². The summed E-state index contributed by atoms with van der Waals surface area (Å²) in [6.07, 6.45) is 0. The summed E-state index contributed by atoms with van der Waals surface area (Å²) < 4.78 is 10.2. The number of thiazole rings is 1. The van der Waals surface area contributed by atoms with Crippen LogP contribution in [-0.2, 0) is 15.3 Å². The lowest BCUT2D eigenvalue weighted by Crippen LogP contribution is -2.15. The molecular formula is C22H22N2O4S2. The summed E-state index contributed by atoms with van der Waals surface area (Å²) in [5.41, 5.74) is 2.20. The number of aromatic nitrogens is 1. The smallest absolute Gasteiger partial charge is 0.344 e. The highest BCUT2D eigenvalue weighted by Crippen LogP contribution is 2.24. The molecule has 0 spiro atoms. The molecule has 30 heavy (non-hydrogen) atoms. The summed E-state index contributed by atoms with van der Waals surface area (Å²) in [5, 5.41) is 5.97. The lowest BCUT2D eigenvalue weighted by molar-refractivity contribution is -0.145. The number of rotatable bonds is 9. The minimum absolute atomic E-state index is 0.176. The van der Waals surface area contributed by atoms with Gasteiger partial charge in [0.25, 0.3) is 5.91 Å². The lowest BCUT2D eigenvalue weighted by Gasteiger charge is -2.09. The first-order valence-electron chi connectivity index (χ1n) is 9.37. The minimum atomic E-state index is -0.435. The topological polar surface area (TPSA) is 77.5 Å². The number of nitrogens with one attached hydrogen (secondary N) is 1. The number of anilines is 1. The molecule has 0 aliphatic rings. The summed E-state index contributed by atoms with van der Waals surface area (Å²) >= 11 is 3.33. The first-order valence-corrected chi connectivity index (χ1v) is 11.2. The summed E-state index contributed by atoms with van der Waals surface area (Å²) in [5.74, 6) is 0.623.